The van der Waals surface area contributed by atoms with Crippen LogP contribution < -0.4 is 10.6 Å². The Labute approximate surface area is 155 Å². The van der Waals surface area contributed by atoms with Crippen LogP contribution in [0.1, 0.15) is 36.0 Å². The van der Waals surface area contributed by atoms with Crippen LogP contribution in [0.15, 0.2) is 47.8 Å². The number of piperidine rings is 1. The Morgan fingerprint density at radius 3 is 2.48 bits per heavy atom. The SMILES string of the molecule is NC(=NOCc1ccc(C(F)(F)F)cc1)c1cccnc1N1CCCCC1. The zero-order chi connectivity index (χ0) is 19.3. The monoisotopic (exact) mass is 378 g/mol. The third kappa shape index (κ3) is 4.90. The van der Waals surface area contributed by atoms with Crippen molar-refractivity contribution in [3.05, 3.63) is 59.3 Å². The Morgan fingerprint density at radius 1 is 1.11 bits per heavy atom. The molecule has 0 unspecified atom stereocenters. The van der Waals surface area contributed by atoms with Gasteiger partial charge in [-0.15, -0.1) is 0 Å². The second-order valence-corrected chi connectivity index (χ2v) is 6.37. The predicted octanol–water partition coefficient (Wildman–Crippen LogP) is 3.93. The first-order chi connectivity index (χ1) is 12.9. The summed E-state index contributed by atoms with van der Waals surface area (Å²) in [5, 5.41) is 3.92. The molecule has 5 nitrogen and oxygen atoms in total. The molecule has 144 valence electrons. The van der Waals surface area contributed by atoms with E-state index in [0.29, 0.717) is 11.1 Å². The topological polar surface area (TPSA) is 63.7 Å². The summed E-state index contributed by atoms with van der Waals surface area (Å²) in [5.41, 5.74) is 6.62. The standard InChI is InChI=1S/C19H21F3N4O/c20-19(21,22)15-8-6-14(7-9-15)13-27-25-17(23)16-5-4-10-24-18(16)26-11-2-1-3-12-26/h4-10H,1-3,11-13H2,(H2,23,25). The number of benzene rings is 1. The van der Waals surface area contributed by atoms with E-state index in [2.05, 4.69) is 15.0 Å². The lowest BCUT2D eigenvalue weighted by molar-refractivity contribution is -0.137. The molecule has 0 bridgehead atoms. The van der Waals surface area contributed by atoms with Gasteiger partial charge >= 0.3 is 6.18 Å². The van der Waals surface area contributed by atoms with Crippen LogP contribution in [0.25, 0.3) is 0 Å². The van der Waals surface area contributed by atoms with Gasteiger partial charge in [0, 0.05) is 19.3 Å². The fourth-order valence-corrected chi connectivity index (χ4v) is 2.97. The number of nitrogens with two attached hydrogens (primary N) is 1. The predicted molar refractivity (Wildman–Crippen MR) is 97.3 cm³/mol. The van der Waals surface area contributed by atoms with Gasteiger partial charge in [-0.2, -0.15) is 13.2 Å². The van der Waals surface area contributed by atoms with Crippen LogP contribution in [0, 0.1) is 0 Å². The molecule has 27 heavy (non-hydrogen) atoms. The molecule has 3 rings (SSSR count). The number of halogens is 3. The molecular weight excluding hydrogens is 357 g/mol. The molecule has 0 saturated carbocycles. The molecule has 0 amide bonds. The Kier molecular flexibility index (Phi) is 5.83. The van der Waals surface area contributed by atoms with Crippen molar-refractivity contribution in [2.45, 2.75) is 32.0 Å². The molecule has 1 aliphatic rings. The van der Waals surface area contributed by atoms with Crippen LogP contribution in [-0.4, -0.2) is 23.9 Å². The molecule has 2 heterocycles. The number of hydrogen-bond acceptors (Lipinski definition) is 4. The van der Waals surface area contributed by atoms with Crippen molar-refractivity contribution >= 4 is 11.7 Å². The first-order valence-electron chi connectivity index (χ1n) is 8.77. The number of nitrogens with zero attached hydrogens (tertiary/aromatic N) is 3. The minimum absolute atomic E-state index is 0.0259. The van der Waals surface area contributed by atoms with Gasteiger partial charge in [-0.3, -0.25) is 0 Å². The van der Waals surface area contributed by atoms with Crippen LogP contribution >= 0.6 is 0 Å². The molecule has 1 aromatic heterocycles. The van der Waals surface area contributed by atoms with Gasteiger partial charge in [0.1, 0.15) is 12.4 Å². The molecule has 0 radical (unpaired) electrons. The van der Waals surface area contributed by atoms with Gasteiger partial charge < -0.3 is 15.5 Å². The average molecular weight is 378 g/mol. The van der Waals surface area contributed by atoms with Crippen molar-refractivity contribution in [3.63, 3.8) is 0 Å². The Hall–Kier alpha value is -2.77. The maximum Gasteiger partial charge on any atom is 0.416 e. The van der Waals surface area contributed by atoms with E-state index in [1.54, 1.807) is 12.3 Å². The molecule has 8 heteroatoms. The summed E-state index contributed by atoms with van der Waals surface area (Å²) in [6.45, 7) is 1.87. The summed E-state index contributed by atoms with van der Waals surface area (Å²) in [6.07, 6.45) is 0.782. The molecule has 1 aromatic carbocycles. The van der Waals surface area contributed by atoms with Crippen molar-refractivity contribution < 1.29 is 18.0 Å². The van der Waals surface area contributed by atoms with E-state index in [0.717, 1.165) is 43.9 Å². The molecule has 2 N–H and O–H groups in total. The molecule has 0 aliphatic carbocycles. The average Bonchev–Trinajstić information content (AvgIpc) is 2.68. The van der Waals surface area contributed by atoms with Crippen molar-refractivity contribution in [3.8, 4) is 0 Å². The van der Waals surface area contributed by atoms with Gasteiger partial charge in [0.15, 0.2) is 5.84 Å². The van der Waals surface area contributed by atoms with Crippen LogP contribution in [0.5, 0.6) is 0 Å². The quantitative estimate of drug-likeness (QED) is 0.486. The van der Waals surface area contributed by atoms with Gasteiger partial charge in [-0.05, 0) is 49.1 Å². The van der Waals surface area contributed by atoms with Gasteiger partial charge in [-0.25, -0.2) is 4.98 Å². The Bertz CT molecular complexity index is 784. The van der Waals surface area contributed by atoms with E-state index in [9.17, 15) is 13.2 Å². The zero-order valence-corrected chi connectivity index (χ0v) is 14.7. The van der Waals surface area contributed by atoms with E-state index in [-0.39, 0.29) is 12.4 Å². The molecule has 1 aliphatic heterocycles. The number of oxime groups is 1. The summed E-state index contributed by atoms with van der Waals surface area (Å²) in [7, 11) is 0. The number of rotatable bonds is 5. The van der Waals surface area contributed by atoms with Crippen molar-refractivity contribution in [1.82, 2.24) is 4.98 Å². The minimum Gasteiger partial charge on any atom is -0.389 e. The number of hydrogen-bond donors (Lipinski definition) is 1. The molecule has 1 saturated heterocycles. The highest BCUT2D eigenvalue weighted by Gasteiger charge is 2.29. The van der Waals surface area contributed by atoms with E-state index in [4.69, 9.17) is 10.6 Å². The summed E-state index contributed by atoms with van der Waals surface area (Å²) < 4.78 is 37.7. The largest absolute Gasteiger partial charge is 0.416 e. The first kappa shape index (κ1) is 19.0. The number of amidine groups is 1. The van der Waals surface area contributed by atoms with Crippen molar-refractivity contribution in [2.24, 2.45) is 10.9 Å². The fourth-order valence-electron chi connectivity index (χ4n) is 2.97. The number of alkyl halides is 3. The van der Waals surface area contributed by atoms with Gasteiger partial charge in [-0.1, -0.05) is 17.3 Å². The van der Waals surface area contributed by atoms with Crippen LogP contribution in [-0.2, 0) is 17.6 Å². The fraction of sp³-hybridized carbons (Fsp3) is 0.368. The van der Waals surface area contributed by atoms with Gasteiger partial charge in [0.05, 0.1) is 11.1 Å². The molecule has 0 atom stereocenters. The number of pyridine rings is 1. The normalized spacial score (nSPS) is 15.7. The third-order valence-corrected chi connectivity index (χ3v) is 4.39. The first-order valence-corrected chi connectivity index (χ1v) is 8.77. The molecule has 1 fully saturated rings. The van der Waals surface area contributed by atoms with E-state index in [1.807, 2.05) is 6.07 Å². The summed E-state index contributed by atoms with van der Waals surface area (Å²) in [5.74, 6) is 0.965. The van der Waals surface area contributed by atoms with E-state index < -0.39 is 11.7 Å². The number of anilines is 1. The smallest absolute Gasteiger partial charge is 0.389 e. The maximum absolute atomic E-state index is 12.6. The van der Waals surface area contributed by atoms with Gasteiger partial charge in [0.25, 0.3) is 0 Å². The second kappa shape index (κ2) is 8.28. The molecule has 0 spiro atoms. The van der Waals surface area contributed by atoms with Crippen LogP contribution in [0.3, 0.4) is 0 Å². The summed E-state index contributed by atoms with van der Waals surface area (Å²) in [6, 6.07) is 8.36. The summed E-state index contributed by atoms with van der Waals surface area (Å²) >= 11 is 0. The maximum atomic E-state index is 12.6. The lowest BCUT2D eigenvalue weighted by atomic mass is 10.1. The Morgan fingerprint density at radius 2 is 1.81 bits per heavy atom. The molecule has 2 aromatic rings. The van der Waals surface area contributed by atoms with Gasteiger partial charge in [0.2, 0.25) is 0 Å². The van der Waals surface area contributed by atoms with E-state index >= 15 is 0 Å². The summed E-state index contributed by atoms with van der Waals surface area (Å²) in [4.78, 5) is 11.8. The zero-order valence-electron chi connectivity index (χ0n) is 14.7. The van der Waals surface area contributed by atoms with E-state index in [1.165, 1.54) is 18.6 Å². The minimum atomic E-state index is -4.35. The molecular formula is C19H21F3N4O. The third-order valence-electron chi connectivity index (χ3n) is 4.39. The lowest BCUT2D eigenvalue weighted by Crippen LogP contribution is -2.32. The van der Waals surface area contributed by atoms with Crippen LogP contribution in [0.4, 0.5) is 19.0 Å². The van der Waals surface area contributed by atoms with Crippen molar-refractivity contribution in [1.29, 1.82) is 0 Å². The highest BCUT2D eigenvalue weighted by molar-refractivity contribution is 6.01. The Balaban J connectivity index is 1.66. The highest BCUT2D eigenvalue weighted by atomic mass is 19.4. The highest BCUT2D eigenvalue weighted by Crippen LogP contribution is 2.29. The van der Waals surface area contributed by atoms with Crippen LogP contribution in [0.2, 0.25) is 0 Å². The second-order valence-electron chi connectivity index (χ2n) is 6.37. The number of aromatic nitrogens is 1. The lowest BCUT2D eigenvalue weighted by Gasteiger charge is -2.29. The van der Waals surface area contributed by atoms with Crippen molar-refractivity contribution in [2.75, 3.05) is 18.0 Å².